The number of nitrogens with zero attached hydrogens (tertiary/aromatic N) is 1. The molecule has 0 aliphatic carbocycles. The summed E-state index contributed by atoms with van der Waals surface area (Å²) in [7, 11) is 1.64. The van der Waals surface area contributed by atoms with Crippen LogP contribution in [0.5, 0.6) is 0 Å². The Hall–Kier alpha value is -2.14. The van der Waals surface area contributed by atoms with Gasteiger partial charge in [0.15, 0.2) is 5.76 Å². The molecule has 0 fully saturated rings. The van der Waals surface area contributed by atoms with Gasteiger partial charge in [0.05, 0.1) is 6.61 Å². The van der Waals surface area contributed by atoms with Gasteiger partial charge in [0.2, 0.25) is 0 Å². The average molecular weight is 260 g/mol. The molecule has 5 heteroatoms. The number of benzene rings is 1. The van der Waals surface area contributed by atoms with E-state index in [9.17, 15) is 4.79 Å². The zero-order valence-corrected chi connectivity index (χ0v) is 11.2. The summed E-state index contributed by atoms with van der Waals surface area (Å²) in [6.45, 7) is 4.08. The summed E-state index contributed by atoms with van der Waals surface area (Å²) in [6.07, 6.45) is 0. The summed E-state index contributed by atoms with van der Waals surface area (Å²) in [5.74, 6) is 0.417. The van der Waals surface area contributed by atoms with E-state index in [-0.39, 0.29) is 5.91 Å². The third-order valence-electron chi connectivity index (χ3n) is 2.80. The number of hydrogen-bond acceptors (Lipinski definition) is 4. The Bertz CT molecular complexity index is 553. The van der Waals surface area contributed by atoms with E-state index in [1.165, 1.54) is 0 Å². The van der Waals surface area contributed by atoms with Crippen LogP contribution in [0.4, 0.5) is 5.69 Å². The van der Waals surface area contributed by atoms with E-state index in [1.807, 2.05) is 12.1 Å². The second-order valence-electron chi connectivity index (χ2n) is 4.28. The van der Waals surface area contributed by atoms with Crippen molar-refractivity contribution in [2.45, 2.75) is 20.5 Å². The lowest BCUT2D eigenvalue weighted by atomic mass is 10.1. The topological polar surface area (TPSA) is 64.4 Å². The second kappa shape index (κ2) is 5.67. The molecule has 100 valence electrons. The molecule has 0 radical (unpaired) electrons. The van der Waals surface area contributed by atoms with Gasteiger partial charge in [0.25, 0.3) is 5.91 Å². The predicted octanol–water partition coefficient (Wildman–Crippen LogP) is 2.69. The van der Waals surface area contributed by atoms with Crippen LogP contribution in [0.15, 0.2) is 28.8 Å². The number of anilines is 1. The molecule has 0 aliphatic heterocycles. The van der Waals surface area contributed by atoms with Crippen molar-refractivity contribution in [1.29, 1.82) is 0 Å². The molecular weight excluding hydrogens is 244 g/mol. The predicted molar refractivity (Wildman–Crippen MR) is 71.1 cm³/mol. The first kappa shape index (κ1) is 13.3. The van der Waals surface area contributed by atoms with Crippen LogP contribution in [-0.2, 0) is 11.3 Å². The van der Waals surface area contributed by atoms with Crippen LogP contribution >= 0.6 is 0 Å². The van der Waals surface area contributed by atoms with Crippen LogP contribution in [0.1, 0.15) is 27.4 Å². The van der Waals surface area contributed by atoms with Crippen LogP contribution in [-0.4, -0.2) is 18.2 Å². The Labute approximate surface area is 111 Å². The fourth-order valence-corrected chi connectivity index (χ4v) is 1.77. The van der Waals surface area contributed by atoms with Crippen molar-refractivity contribution < 1.29 is 14.1 Å². The minimum atomic E-state index is -0.182. The number of amides is 1. The standard InChI is InChI=1S/C14H16N2O3/c1-9-13(10(2)19-16-9)15-14(17)12-6-4-11(5-7-12)8-18-3/h4-7H,8H2,1-3H3,(H,15,17). The van der Waals surface area contributed by atoms with Gasteiger partial charge in [-0.25, -0.2) is 0 Å². The van der Waals surface area contributed by atoms with E-state index in [4.69, 9.17) is 9.26 Å². The molecule has 5 nitrogen and oxygen atoms in total. The van der Waals surface area contributed by atoms with Gasteiger partial charge in [0, 0.05) is 12.7 Å². The van der Waals surface area contributed by atoms with Crippen LogP contribution in [0.3, 0.4) is 0 Å². The Balaban J connectivity index is 2.12. The highest BCUT2D eigenvalue weighted by Crippen LogP contribution is 2.19. The molecule has 0 unspecified atom stereocenters. The first-order valence-electron chi connectivity index (χ1n) is 5.94. The number of carbonyl (C=O) groups excluding carboxylic acids is 1. The van der Waals surface area contributed by atoms with E-state index >= 15 is 0 Å². The van der Waals surface area contributed by atoms with Gasteiger partial charge in [-0.05, 0) is 31.5 Å². The smallest absolute Gasteiger partial charge is 0.255 e. The summed E-state index contributed by atoms with van der Waals surface area (Å²) in [6, 6.07) is 7.27. The number of hydrogen-bond donors (Lipinski definition) is 1. The lowest BCUT2D eigenvalue weighted by Crippen LogP contribution is -2.12. The van der Waals surface area contributed by atoms with Gasteiger partial charge >= 0.3 is 0 Å². The summed E-state index contributed by atoms with van der Waals surface area (Å²) in [5.41, 5.74) is 2.91. The van der Waals surface area contributed by atoms with E-state index in [0.717, 1.165) is 5.56 Å². The summed E-state index contributed by atoms with van der Waals surface area (Å²) in [5, 5.41) is 6.59. The molecule has 0 spiro atoms. The summed E-state index contributed by atoms with van der Waals surface area (Å²) in [4.78, 5) is 12.1. The maximum absolute atomic E-state index is 12.1. The second-order valence-corrected chi connectivity index (χ2v) is 4.28. The maximum Gasteiger partial charge on any atom is 0.255 e. The van der Waals surface area contributed by atoms with Crippen LogP contribution in [0, 0.1) is 13.8 Å². The van der Waals surface area contributed by atoms with Crippen molar-refractivity contribution in [1.82, 2.24) is 5.16 Å². The number of aromatic nitrogens is 1. The van der Waals surface area contributed by atoms with Gasteiger partial charge < -0.3 is 14.6 Å². The van der Waals surface area contributed by atoms with E-state index in [1.54, 1.807) is 33.1 Å². The molecule has 0 bridgehead atoms. The van der Waals surface area contributed by atoms with Crippen LogP contribution < -0.4 is 5.32 Å². The van der Waals surface area contributed by atoms with Crippen molar-refractivity contribution in [3.63, 3.8) is 0 Å². The number of ether oxygens (including phenoxy) is 1. The Kier molecular flexibility index (Phi) is 3.97. The fraction of sp³-hybridized carbons (Fsp3) is 0.286. The Morgan fingerprint density at radius 2 is 2.00 bits per heavy atom. The molecule has 1 N–H and O–H groups in total. The van der Waals surface area contributed by atoms with Crippen molar-refractivity contribution in [3.8, 4) is 0 Å². The fourth-order valence-electron chi connectivity index (χ4n) is 1.77. The Morgan fingerprint density at radius 3 is 2.53 bits per heavy atom. The Morgan fingerprint density at radius 1 is 1.32 bits per heavy atom. The van der Waals surface area contributed by atoms with Crippen molar-refractivity contribution >= 4 is 11.6 Å². The van der Waals surface area contributed by atoms with E-state index < -0.39 is 0 Å². The molecular formula is C14H16N2O3. The molecule has 19 heavy (non-hydrogen) atoms. The minimum absolute atomic E-state index is 0.182. The molecule has 1 aromatic carbocycles. The first-order chi connectivity index (χ1) is 9.11. The summed E-state index contributed by atoms with van der Waals surface area (Å²) >= 11 is 0. The molecule has 2 rings (SSSR count). The zero-order valence-electron chi connectivity index (χ0n) is 11.2. The van der Waals surface area contributed by atoms with E-state index in [2.05, 4.69) is 10.5 Å². The third kappa shape index (κ3) is 3.00. The monoisotopic (exact) mass is 260 g/mol. The quantitative estimate of drug-likeness (QED) is 0.918. The largest absolute Gasteiger partial charge is 0.380 e. The lowest BCUT2D eigenvalue weighted by Gasteiger charge is -2.05. The minimum Gasteiger partial charge on any atom is -0.380 e. The average Bonchev–Trinajstić information content (AvgIpc) is 2.72. The zero-order chi connectivity index (χ0) is 13.8. The molecule has 1 heterocycles. The number of rotatable bonds is 4. The van der Waals surface area contributed by atoms with Gasteiger partial charge in [-0.2, -0.15) is 0 Å². The van der Waals surface area contributed by atoms with Gasteiger partial charge in [-0.15, -0.1) is 0 Å². The van der Waals surface area contributed by atoms with E-state index in [0.29, 0.717) is 29.3 Å². The molecule has 1 amide bonds. The van der Waals surface area contributed by atoms with Gasteiger partial charge in [-0.1, -0.05) is 17.3 Å². The number of methoxy groups -OCH3 is 1. The molecule has 0 saturated carbocycles. The van der Waals surface area contributed by atoms with Crippen molar-refractivity contribution in [2.24, 2.45) is 0 Å². The highest BCUT2D eigenvalue weighted by Gasteiger charge is 2.13. The van der Waals surface area contributed by atoms with Crippen molar-refractivity contribution in [2.75, 3.05) is 12.4 Å². The lowest BCUT2D eigenvalue weighted by molar-refractivity contribution is 0.102. The highest BCUT2D eigenvalue weighted by molar-refractivity contribution is 6.04. The third-order valence-corrected chi connectivity index (χ3v) is 2.80. The normalized spacial score (nSPS) is 10.5. The molecule has 1 aromatic heterocycles. The number of aryl methyl sites for hydroxylation is 2. The van der Waals surface area contributed by atoms with Crippen LogP contribution in [0.25, 0.3) is 0 Å². The number of carbonyl (C=O) groups is 1. The van der Waals surface area contributed by atoms with Gasteiger partial charge in [0.1, 0.15) is 11.4 Å². The summed E-state index contributed by atoms with van der Waals surface area (Å²) < 4.78 is 10.0. The van der Waals surface area contributed by atoms with Crippen molar-refractivity contribution in [3.05, 3.63) is 46.8 Å². The first-order valence-corrected chi connectivity index (χ1v) is 5.94. The molecule has 0 saturated heterocycles. The highest BCUT2D eigenvalue weighted by atomic mass is 16.5. The van der Waals surface area contributed by atoms with Crippen LogP contribution in [0.2, 0.25) is 0 Å². The SMILES string of the molecule is COCc1ccc(C(=O)Nc2c(C)noc2C)cc1. The molecule has 0 atom stereocenters. The maximum atomic E-state index is 12.1. The number of nitrogens with one attached hydrogen (secondary N) is 1. The molecule has 2 aromatic rings. The van der Waals surface area contributed by atoms with Gasteiger partial charge in [-0.3, -0.25) is 4.79 Å². The molecule has 0 aliphatic rings.